The maximum atomic E-state index is 13.4. The Hall–Kier alpha value is -4.38. The van der Waals surface area contributed by atoms with E-state index in [1.165, 1.54) is 0 Å². The predicted molar refractivity (Wildman–Crippen MR) is 138 cm³/mol. The van der Waals surface area contributed by atoms with Crippen molar-refractivity contribution < 1.29 is 9.59 Å². The van der Waals surface area contributed by atoms with Crippen LogP contribution in [-0.2, 0) is 9.59 Å². The van der Waals surface area contributed by atoms with E-state index in [1.54, 1.807) is 0 Å². The maximum Gasteiger partial charge on any atom is 0.254 e. The Kier molecular flexibility index (Phi) is 7.04. The molecular weight excluding hydrogens is 422 g/mol. The fraction of sp³-hybridized carbons (Fsp3) is 0.103. The van der Waals surface area contributed by atoms with Crippen LogP contribution in [0, 0.1) is 5.92 Å². The minimum absolute atomic E-state index is 0.253. The van der Waals surface area contributed by atoms with Gasteiger partial charge < -0.3 is 16.0 Å². The molecule has 5 nitrogen and oxygen atoms in total. The molecule has 1 aliphatic heterocycles. The molecule has 0 unspecified atom stereocenters. The summed E-state index contributed by atoms with van der Waals surface area (Å²) in [6.07, 6.45) is 3.87. The van der Waals surface area contributed by atoms with E-state index in [1.807, 2.05) is 117 Å². The Morgan fingerprint density at radius 1 is 0.676 bits per heavy atom. The van der Waals surface area contributed by atoms with Crippen LogP contribution in [0.2, 0.25) is 0 Å². The van der Waals surface area contributed by atoms with Crippen LogP contribution in [0.25, 0.3) is 6.08 Å². The molecule has 0 saturated carbocycles. The summed E-state index contributed by atoms with van der Waals surface area (Å²) < 4.78 is 0. The number of rotatable bonds is 6. The molecule has 0 atom stereocenters. The van der Waals surface area contributed by atoms with Crippen molar-refractivity contribution in [2.75, 3.05) is 10.6 Å². The molecule has 3 N–H and O–H groups in total. The van der Waals surface area contributed by atoms with E-state index in [9.17, 15) is 9.59 Å². The second-order valence-electron chi connectivity index (χ2n) is 8.09. The summed E-state index contributed by atoms with van der Waals surface area (Å²) in [4.78, 5) is 26.9. The molecule has 0 bridgehead atoms. The number of nitrogens with one attached hydrogen (secondary N) is 3. The van der Waals surface area contributed by atoms with Crippen LogP contribution in [0.15, 0.2) is 120 Å². The van der Waals surface area contributed by atoms with Crippen molar-refractivity contribution in [3.05, 3.63) is 125 Å². The fourth-order valence-electron chi connectivity index (χ4n) is 4.05. The number of amides is 2. The highest BCUT2D eigenvalue weighted by Gasteiger charge is 2.33. The number of para-hydroxylation sites is 2. The average molecular weight is 450 g/mol. The minimum Gasteiger partial charge on any atom is -0.362 e. The smallest absolute Gasteiger partial charge is 0.254 e. The number of hydrogen-bond acceptors (Lipinski definition) is 3. The largest absolute Gasteiger partial charge is 0.362 e. The SMILES string of the molecule is CC1=C(C(=O)Nc2ccccc2)C(/C=C\c2ccccc2)C(C(=O)Nc2ccccc2)=C(C)N1. The van der Waals surface area contributed by atoms with Crippen molar-refractivity contribution in [2.24, 2.45) is 5.92 Å². The Morgan fingerprint density at radius 2 is 1.09 bits per heavy atom. The molecule has 2 amide bonds. The summed E-state index contributed by atoms with van der Waals surface area (Å²) >= 11 is 0. The lowest BCUT2D eigenvalue weighted by Crippen LogP contribution is -2.35. The summed E-state index contributed by atoms with van der Waals surface area (Å²) in [6.45, 7) is 3.72. The molecule has 1 heterocycles. The topological polar surface area (TPSA) is 70.2 Å². The summed E-state index contributed by atoms with van der Waals surface area (Å²) in [5.41, 5.74) is 4.80. The number of benzene rings is 3. The highest BCUT2D eigenvalue weighted by atomic mass is 16.2. The van der Waals surface area contributed by atoms with E-state index < -0.39 is 5.92 Å². The third-order valence-corrected chi connectivity index (χ3v) is 5.64. The lowest BCUT2D eigenvalue weighted by molar-refractivity contribution is -0.113. The molecule has 0 fully saturated rings. The number of allylic oxidation sites excluding steroid dienone is 3. The van der Waals surface area contributed by atoms with Gasteiger partial charge in [-0.05, 0) is 43.7 Å². The fourth-order valence-corrected chi connectivity index (χ4v) is 4.05. The number of carbonyl (C=O) groups is 2. The second-order valence-corrected chi connectivity index (χ2v) is 8.09. The molecule has 34 heavy (non-hydrogen) atoms. The average Bonchev–Trinajstić information content (AvgIpc) is 2.84. The van der Waals surface area contributed by atoms with Crippen molar-refractivity contribution in [1.82, 2.24) is 5.32 Å². The van der Waals surface area contributed by atoms with Gasteiger partial charge in [-0.3, -0.25) is 9.59 Å². The van der Waals surface area contributed by atoms with Gasteiger partial charge in [0.2, 0.25) is 0 Å². The van der Waals surface area contributed by atoms with E-state index in [4.69, 9.17) is 0 Å². The Labute approximate surface area is 199 Å². The van der Waals surface area contributed by atoms with Crippen molar-refractivity contribution in [3.63, 3.8) is 0 Å². The van der Waals surface area contributed by atoms with Crippen LogP contribution in [0.1, 0.15) is 19.4 Å². The van der Waals surface area contributed by atoms with Crippen LogP contribution < -0.4 is 16.0 Å². The van der Waals surface area contributed by atoms with Gasteiger partial charge in [0.05, 0.1) is 0 Å². The van der Waals surface area contributed by atoms with Gasteiger partial charge in [-0.15, -0.1) is 0 Å². The van der Waals surface area contributed by atoms with Gasteiger partial charge in [-0.2, -0.15) is 0 Å². The molecule has 0 spiro atoms. The van der Waals surface area contributed by atoms with Gasteiger partial charge in [-0.25, -0.2) is 0 Å². The number of carbonyl (C=O) groups excluding carboxylic acids is 2. The second kappa shape index (κ2) is 10.5. The first kappa shape index (κ1) is 22.8. The van der Waals surface area contributed by atoms with E-state index in [-0.39, 0.29) is 11.8 Å². The van der Waals surface area contributed by atoms with E-state index >= 15 is 0 Å². The van der Waals surface area contributed by atoms with Gasteiger partial charge in [0, 0.05) is 39.8 Å². The molecule has 1 aliphatic rings. The van der Waals surface area contributed by atoms with Crippen molar-refractivity contribution in [1.29, 1.82) is 0 Å². The summed E-state index contributed by atoms with van der Waals surface area (Å²) in [5, 5.41) is 9.18. The van der Waals surface area contributed by atoms with Gasteiger partial charge in [-0.1, -0.05) is 78.9 Å². The van der Waals surface area contributed by atoms with Crippen molar-refractivity contribution >= 4 is 29.3 Å². The minimum atomic E-state index is -0.533. The quantitative estimate of drug-likeness (QED) is 0.449. The molecule has 0 saturated heterocycles. The van der Waals surface area contributed by atoms with Gasteiger partial charge in [0.25, 0.3) is 11.8 Å². The third-order valence-electron chi connectivity index (χ3n) is 5.64. The monoisotopic (exact) mass is 449 g/mol. The molecule has 5 heteroatoms. The van der Waals surface area contributed by atoms with Crippen LogP contribution >= 0.6 is 0 Å². The van der Waals surface area contributed by atoms with Gasteiger partial charge >= 0.3 is 0 Å². The first-order valence-electron chi connectivity index (χ1n) is 11.2. The molecule has 0 aliphatic carbocycles. The molecule has 4 rings (SSSR count). The third kappa shape index (κ3) is 5.33. The van der Waals surface area contributed by atoms with Gasteiger partial charge in [0.15, 0.2) is 0 Å². The zero-order valence-electron chi connectivity index (χ0n) is 19.2. The zero-order chi connectivity index (χ0) is 23.9. The summed E-state index contributed by atoms with van der Waals surface area (Å²) in [7, 11) is 0. The summed E-state index contributed by atoms with van der Waals surface area (Å²) in [5.74, 6) is -1.04. The Balaban J connectivity index is 1.71. The first-order valence-corrected chi connectivity index (χ1v) is 11.2. The lowest BCUT2D eigenvalue weighted by Gasteiger charge is -2.29. The van der Waals surface area contributed by atoms with E-state index in [2.05, 4.69) is 16.0 Å². The van der Waals surface area contributed by atoms with Gasteiger partial charge in [0.1, 0.15) is 0 Å². The van der Waals surface area contributed by atoms with Crippen molar-refractivity contribution in [2.45, 2.75) is 13.8 Å². The number of dihydropyridines is 1. The first-order chi connectivity index (χ1) is 16.5. The van der Waals surface area contributed by atoms with E-state index in [0.717, 1.165) is 5.56 Å². The summed E-state index contributed by atoms with van der Waals surface area (Å²) in [6, 6.07) is 28.4. The van der Waals surface area contributed by atoms with Crippen LogP contribution in [0.3, 0.4) is 0 Å². The molecule has 3 aromatic carbocycles. The highest BCUT2D eigenvalue weighted by molar-refractivity contribution is 6.11. The van der Waals surface area contributed by atoms with Crippen LogP contribution in [0.5, 0.6) is 0 Å². The maximum absolute atomic E-state index is 13.4. The standard InChI is InChI=1S/C29H27N3O2/c1-20-26(28(33)31-23-14-8-4-9-15-23)25(19-18-22-12-6-3-7-13-22)27(21(2)30-20)29(34)32-24-16-10-5-11-17-24/h3-19,25,30H,1-2H3,(H,31,33)(H,32,34)/b19-18-. The number of hydrogen-bond donors (Lipinski definition) is 3. The normalized spacial score (nSPS) is 14.2. The molecule has 170 valence electrons. The Bertz CT molecular complexity index is 1190. The highest BCUT2D eigenvalue weighted by Crippen LogP contribution is 2.33. The van der Waals surface area contributed by atoms with E-state index in [0.29, 0.717) is 33.9 Å². The molecular formula is C29H27N3O2. The van der Waals surface area contributed by atoms with Crippen molar-refractivity contribution in [3.8, 4) is 0 Å². The van der Waals surface area contributed by atoms with Crippen LogP contribution in [0.4, 0.5) is 11.4 Å². The molecule has 0 radical (unpaired) electrons. The number of anilines is 2. The zero-order valence-corrected chi connectivity index (χ0v) is 19.2. The molecule has 3 aromatic rings. The lowest BCUT2D eigenvalue weighted by atomic mass is 9.83. The molecule has 0 aromatic heterocycles. The predicted octanol–water partition coefficient (Wildman–Crippen LogP) is 5.74. The van der Waals surface area contributed by atoms with Crippen LogP contribution in [-0.4, -0.2) is 11.8 Å². The Morgan fingerprint density at radius 3 is 1.53 bits per heavy atom.